The zero-order valence-electron chi connectivity index (χ0n) is 32.3. The normalized spacial score (nSPS) is 11.9. The van der Waals surface area contributed by atoms with Gasteiger partial charge in [0.15, 0.2) is 0 Å². The van der Waals surface area contributed by atoms with Crippen LogP contribution in [-0.4, -0.2) is 19.1 Å². The van der Waals surface area contributed by atoms with Gasteiger partial charge in [-0.2, -0.15) is 5.26 Å². The third kappa shape index (κ3) is 4.42. The quantitative estimate of drug-likeness (QED) is 0.132. The fourth-order valence-corrected chi connectivity index (χ4v) is 11.3. The topological polar surface area (TPSA) is 63.8 Å². The molecule has 0 spiro atoms. The number of nitriles is 1. The van der Waals surface area contributed by atoms with Crippen molar-refractivity contribution in [3.63, 3.8) is 0 Å². The largest absolute Gasteiger partial charge is 0.315 e. The molecule has 0 saturated carbocycles. The zero-order valence-corrected chi connectivity index (χ0v) is 33.1. The second-order valence-electron chi connectivity index (χ2n) is 15.5. The van der Waals surface area contributed by atoms with Gasteiger partial charge in [0.25, 0.3) is 0 Å². The Morgan fingerprint density at radius 3 is 1.69 bits per heavy atom. The van der Waals surface area contributed by atoms with Crippen LogP contribution in [0.1, 0.15) is 5.56 Å². The van der Waals surface area contributed by atoms with Crippen molar-refractivity contribution in [3.05, 3.63) is 187 Å². The van der Waals surface area contributed by atoms with Gasteiger partial charge in [-0.1, -0.05) is 133 Å². The number of rotatable bonds is 4. The Bertz CT molecular complexity index is 3980. The van der Waals surface area contributed by atoms with Crippen LogP contribution in [0.15, 0.2) is 170 Å². The molecule has 0 bridgehead atoms. The number of aromatic nitrogens is 4. The summed E-state index contributed by atoms with van der Waals surface area (Å²) in [6.07, 6.45) is 7.74. The van der Waals surface area contributed by atoms with Gasteiger partial charge in [0.05, 0.1) is 62.7 Å². The lowest BCUT2D eigenvalue weighted by Gasteiger charge is -2.25. The number of hydrogen-bond donors (Lipinski definition) is 0. The molecule has 0 amide bonds. The minimum Gasteiger partial charge on any atom is -0.315 e. The molecular weight excluding hydrogens is 765 g/mol. The van der Waals surface area contributed by atoms with Gasteiger partial charge in [-0.3, -0.25) is 9.97 Å². The number of fused-ring (bicyclic) bond motifs is 10. The molecule has 7 heteroatoms. The van der Waals surface area contributed by atoms with Gasteiger partial charge < -0.3 is 9.13 Å². The van der Waals surface area contributed by atoms with Gasteiger partial charge in [0.2, 0.25) is 5.69 Å². The monoisotopic (exact) mass is 792 g/mol. The summed E-state index contributed by atoms with van der Waals surface area (Å²) in [5.74, 6) is 0. The van der Waals surface area contributed by atoms with Crippen molar-refractivity contribution in [1.29, 1.82) is 5.26 Å². The highest BCUT2D eigenvalue weighted by atomic mass is 32.1. The van der Waals surface area contributed by atoms with Crippen LogP contribution in [0.5, 0.6) is 0 Å². The van der Waals surface area contributed by atoms with E-state index < -0.39 is 0 Å². The van der Waals surface area contributed by atoms with Crippen molar-refractivity contribution < 1.29 is 0 Å². The lowest BCUT2D eigenvalue weighted by Crippen LogP contribution is -2.09. The maximum Gasteiger partial charge on any atom is 0.220 e. The predicted octanol–water partition coefficient (Wildman–Crippen LogP) is 14.5. The molecule has 0 unspecified atom stereocenters. The van der Waals surface area contributed by atoms with Crippen molar-refractivity contribution in [2.24, 2.45) is 0 Å². The van der Waals surface area contributed by atoms with Crippen molar-refractivity contribution in [3.8, 4) is 39.7 Å². The first kappa shape index (κ1) is 33.6. The van der Waals surface area contributed by atoms with E-state index in [4.69, 9.17) is 16.5 Å². The maximum atomic E-state index is 11.8. The molecule has 0 radical (unpaired) electrons. The Morgan fingerprint density at radius 2 is 1.05 bits per heavy atom. The van der Waals surface area contributed by atoms with Crippen LogP contribution < -0.4 is 0 Å². The second-order valence-corrected chi connectivity index (χ2v) is 16.5. The van der Waals surface area contributed by atoms with Gasteiger partial charge in [-0.15, -0.1) is 11.3 Å². The average Bonchev–Trinajstić information content (AvgIpc) is 3.99. The molecule has 8 aromatic carbocycles. The molecule has 0 fully saturated rings. The smallest absolute Gasteiger partial charge is 0.220 e. The summed E-state index contributed by atoms with van der Waals surface area (Å²) in [6.45, 7) is 9.17. The second kappa shape index (κ2) is 12.6. The number of hydrogen-bond acceptors (Lipinski definition) is 4. The maximum absolute atomic E-state index is 11.8. The van der Waals surface area contributed by atoms with E-state index in [1.165, 1.54) is 10.1 Å². The highest BCUT2D eigenvalue weighted by Crippen LogP contribution is 2.54. The third-order valence-corrected chi connectivity index (χ3v) is 13.7. The molecule has 6 nitrogen and oxygen atoms in total. The summed E-state index contributed by atoms with van der Waals surface area (Å²) in [6, 6.07) is 52.9. The molecular formula is C54H28N6S. The summed E-state index contributed by atoms with van der Waals surface area (Å²) >= 11 is 1.77. The van der Waals surface area contributed by atoms with Crippen molar-refractivity contribution in [1.82, 2.24) is 19.1 Å². The van der Waals surface area contributed by atoms with E-state index in [9.17, 15) is 5.26 Å². The summed E-state index contributed by atoms with van der Waals surface area (Å²) in [5, 5.41) is 22.7. The molecule has 61 heavy (non-hydrogen) atoms. The fourth-order valence-electron chi connectivity index (χ4n) is 10.1. The van der Waals surface area contributed by atoms with Crippen molar-refractivity contribution >= 4 is 102 Å². The van der Waals surface area contributed by atoms with E-state index >= 15 is 0 Å². The fraction of sp³-hybridized carbons (Fsp3) is 0. The number of nitrogens with zero attached hydrogens (tertiary/aromatic N) is 6. The molecule has 0 N–H and O–H groups in total. The molecule has 5 aromatic heterocycles. The van der Waals surface area contributed by atoms with Gasteiger partial charge in [0, 0.05) is 71.3 Å². The SMILES string of the molecule is [C-]#[N+]c1c(-c2ccccc2)c(C#N)c(-n2c3ccccc3c3ccc4c5ccccc5sc4c32)c(-c2ccccc2)c1-n1c2cncc3c4ccccc4c4cncc1c4c32. The number of benzene rings is 8. The first-order valence-electron chi connectivity index (χ1n) is 20.1. The van der Waals surface area contributed by atoms with Crippen LogP contribution in [0.4, 0.5) is 5.69 Å². The molecule has 0 aliphatic rings. The minimum atomic E-state index is 0.379. The lowest BCUT2D eigenvalue weighted by atomic mass is 9.88. The van der Waals surface area contributed by atoms with E-state index in [1.807, 2.05) is 73.3 Å². The highest BCUT2D eigenvalue weighted by Gasteiger charge is 2.33. The number of para-hydroxylation sites is 1. The molecule has 0 aliphatic carbocycles. The Balaban J connectivity index is 1.34. The summed E-state index contributed by atoms with van der Waals surface area (Å²) in [5.41, 5.74) is 8.94. The van der Waals surface area contributed by atoms with E-state index in [1.54, 1.807) is 11.3 Å². The van der Waals surface area contributed by atoms with Crippen LogP contribution in [0.25, 0.3) is 124 Å². The van der Waals surface area contributed by atoms with E-state index in [-0.39, 0.29) is 0 Å². The molecule has 13 aromatic rings. The first-order valence-corrected chi connectivity index (χ1v) is 20.9. The van der Waals surface area contributed by atoms with Gasteiger partial charge in [0.1, 0.15) is 6.07 Å². The van der Waals surface area contributed by atoms with E-state index in [0.717, 1.165) is 91.9 Å². The minimum absolute atomic E-state index is 0.379. The summed E-state index contributed by atoms with van der Waals surface area (Å²) in [4.78, 5) is 14.3. The van der Waals surface area contributed by atoms with Crippen LogP contribution in [-0.2, 0) is 0 Å². The Morgan fingerprint density at radius 1 is 0.492 bits per heavy atom. The Labute approximate surface area is 352 Å². The van der Waals surface area contributed by atoms with Crippen molar-refractivity contribution in [2.75, 3.05) is 0 Å². The van der Waals surface area contributed by atoms with E-state index in [0.29, 0.717) is 28.2 Å². The average molecular weight is 793 g/mol. The van der Waals surface area contributed by atoms with Gasteiger partial charge >= 0.3 is 0 Å². The molecule has 280 valence electrons. The molecule has 0 saturated heterocycles. The molecule has 0 atom stereocenters. The predicted molar refractivity (Wildman–Crippen MR) is 252 cm³/mol. The highest BCUT2D eigenvalue weighted by molar-refractivity contribution is 7.26. The number of thiophene rings is 1. The van der Waals surface area contributed by atoms with Crippen molar-refractivity contribution in [2.45, 2.75) is 0 Å². The molecule has 0 aliphatic heterocycles. The van der Waals surface area contributed by atoms with Gasteiger partial charge in [-0.05, 0) is 34.0 Å². The van der Waals surface area contributed by atoms with Gasteiger partial charge in [-0.25, -0.2) is 4.85 Å². The van der Waals surface area contributed by atoms with E-state index in [2.05, 4.69) is 117 Å². The first-order chi connectivity index (χ1) is 30.2. The lowest BCUT2D eigenvalue weighted by molar-refractivity contribution is 1.13. The standard InChI is InChI=1S/C54H28N6S/c1-56-50-46(31-14-4-2-5-15-31)39(26-55)51(60-42-22-12-10-20-35(42)37-24-25-38-36-21-11-13-23-45(36)61-54(38)52(37)60)47(32-16-6-3-7-17-32)53(50)59-43-29-57-27-40-33-18-8-9-19-34(33)41-28-58-30-44(59)49(41)48(40)43/h2-25,27-30H. The molecule has 5 heterocycles. The van der Waals surface area contributed by atoms with Crippen LogP contribution >= 0.6 is 11.3 Å². The zero-order chi connectivity index (χ0) is 40.3. The molecule has 13 rings (SSSR count). The van der Waals surface area contributed by atoms with Crippen LogP contribution in [0.3, 0.4) is 0 Å². The Hall–Kier alpha value is -8.36. The van der Waals surface area contributed by atoms with Crippen LogP contribution in [0, 0.1) is 17.9 Å². The third-order valence-electron chi connectivity index (χ3n) is 12.5. The summed E-state index contributed by atoms with van der Waals surface area (Å²) in [7, 11) is 0. The Kier molecular flexibility index (Phi) is 6.92. The van der Waals surface area contributed by atoms with Crippen LogP contribution in [0.2, 0.25) is 0 Å². The summed E-state index contributed by atoms with van der Waals surface area (Å²) < 4.78 is 6.86. The number of pyridine rings is 2.